The Kier molecular flexibility index (Phi) is 15.6. The van der Waals surface area contributed by atoms with Crippen LogP contribution in [0.5, 0.6) is 5.75 Å². The van der Waals surface area contributed by atoms with Crippen LogP contribution in [-0.2, 0) is 31.0 Å². The van der Waals surface area contributed by atoms with Crippen molar-refractivity contribution in [1.29, 1.82) is 0 Å². The van der Waals surface area contributed by atoms with E-state index in [1.807, 2.05) is 32.0 Å². The second-order valence-electron chi connectivity index (χ2n) is 14.1. The SMILES string of the molecule is Cc1cc(C)c2cccc(OCc3c(Cl)ccc(S(=O)(=O)NC4(C(=O)N5CCN(C(=O)C[C@@H](N)CCCN=C(N)N)CC5)CCCC4)c3Cl)c2n1.O=C(O)C(F)(F)F. The first kappa shape index (κ1) is 46.3. The predicted octanol–water partition coefficient (Wildman–Crippen LogP) is 4.40. The van der Waals surface area contributed by atoms with Gasteiger partial charge in [-0.1, -0.05) is 48.2 Å². The van der Waals surface area contributed by atoms with Gasteiger partial charge in [0.05, 0.1) is 5.02 Å². The number of piperazine rings is 1. The number of alkyl halides is 3. The van der Waals surface area contributed by atoms with Gasteiger partial charge in [-0.25, -0.2) is 18.2 Å². The number of hydrogen-bond acceptors (Lipinski definition) is 9. The third kappa shape index (κ3) is 11.8. The van der Waals surface area contributed by atoms with E-state index in [1.54, 1.807) is 15.9 Å². The number of fused-ring (bicyclic) bond motifs is 1. The molecule has 1 aromatic heterocycles. The number of carboxylic acids is 1. The van der Waals surface area contributed by atoms with Gasteiger partial charge in [-0.2, -0.15) is 17.9 Å². The Labute approximate surface area is 344 Å². The summed E-state index contributed by atoms with van der Waals surface area (Å²) in [4.78, 5) is 47.6. The molecule has 58 heavy (non-hydrogen) atoms. The molecule has 0 radical (unpaired) electrons. The monoisotopic (exact) mass is 874 g/mol. The molecule has 15 nitrogen and oxygen atoms in total. The van der Waals surface area contributed by atoms with Crippen LogP contribution in [0.3, 0.4) is 0 Å². The molecule has 5 rings (SSSR count). The Morgan fingerprint density at radius 3 is 2.28 bits per heavy atom. The smallest absolute Gasteiger partial charge is 0.487 e. The number of nitrogens with two attached hydrogens (primary N) is 3. The van der Waals surface area contributed by atoms with E-state index < -0.39 is 27.7 Å². The quantitative estimate of drug-likeness (QED) is 0.0917. The van der Waals surface area contributed by atoms with Gasteiger partial charge in [0, 0.05) is 66.9 Å². The van der Waals surface area contributed by atoms with Crippen LogP contribution in [0.15, 0.2) is 46.3 Å². The molecule has 8 N–H and O–H groups in total. The van der Waals surface area contributed by atoms with E-state index in [9.17, 15) is 31.2 Å². The van der Waals surface area contributed by atoms with E-state index in [2.05, 4.69) is 14.7 Å². The third-order valence-electron chi connectivity index (χ3n) is 9.77. The van der Waals surface area contributed by atoms with Gasteiger partial charge in [0.1, 0.15) is 28.3 Å². The molecule has 2 aliphatic rings. The van der Waals surface area contributed by atoms with E-state index in [0.717, 1.165) is 16.6 Å². The van der Waals surface area contributed by atoms with Gasteiger partial charge in [-0.15, -0.1) is 0 Å². The lowest BCUT2D eigenvalue weighted by molar-refractivity contribution is -0.192. The first-order valence-electron chi connectivity index (χ1n) is 18.3. The summed E-state index contributed by atoms with van der Waals surface area (Å²) in [6.07, 6.45) is -1.62. The highest BCUT2D eigenvalue weighted by Crippen LogP contribution is 2.37. The number of aryl methyl sites for hydroxylation is 2. The van der Waals surface area contributed by atoms with Crippen molar-refractivity contribution in [2.75, 3.05) is 32.7 Å². The fourth-order valence-corrected chi connectivity index (χ4v) is 9.17. The molecular weight excluding hydrogens is 828 g/mol. The molecule has 2 aromatic carbocycles. The van der Waals surface area contributed by atoms with Crippen molar-refractivity contribution >= 4 is 67.9 Å². The van der Waals surface area contributed by atoms with Crippen LogP contribution < -0.4 is 26.7 Å². The summed E-state index contributed by atoms with van der Waals surface area (Å²) in [5.41, 5.74) is 18.4. The summed E-state index contributed by atoms with van der Waals surface area (Å²) >= 11 is 13.3. The number of benzene rings is 2. The number of aromatic nitrogens is 1. The van der Waals surface area contributed by atoms with Crippen molar-refractivity contribution in [1.82, 2.24) is 19.5 Å². The second kappa shape index (κ2) is 19.5. The van der Waals surface area contributed by atoms with Crippen molar-refractivity contribution < 1.29 is 45.8 Å². The Morgan fingerprint density at radius 1 is 1.05 bits per heavy atom. The number of carbonyl (C=O) groups is 3. The van der Waals surface area contributed by atoms with E-state index in [0.29, 0.717) is 75.0 Å². The molecule has 2 heterocycles. The number of ether oxygens (including phenoxy) is 1. The summed E-state index contributed by atoms with van der Waals surface area (Å²) in [6.45, 7) is 5.44. The van der Waals surface area contributed by atoms with Crippen molar-refractivity contribution in [3.63, 3.8) is 0 Å². The zero-order valence-corrected chi connectivity index (χ0v) is 34.3. The number of hydrogen-bond donors (Lipinski definition) is 5. The fourth-order valence-electron chi connectivity index (χ4n) is 6.87. The van der Waals surface area contributed by atoms with Crippen molar-refractivity contribution in [3.05, 3.63) is 63.3 Å². The minimum absolute atomic E-state index is 0.0176. The minimum atomic E-state index is -5.08. The van der Waals surface area contributed by atoms with Crippen LogP contribution in [0, 0.1) is 13.8 Å². The Morgan fingerprint density at radius 2 is 1.67 bits per heavy atom. The van der Waals surface area contributed by atoms with Gasteiger partial charge in [-0.05, 0) is 69.4 Å². The summed E-state index contributed by atoms with van der Waals surface area (Å²) in [5, 5.41) is 8.22. The molecule has 0 spiro atoms. The van der Waals surface area contributed by atoms with Crippen LogP contribution >= 0.6 is 23.2 Å². The number of para-hydroxylation sites is 1. The average molecular weight is 876 g/mol. The van der Waals surface area contributed by atoms with Crippen molar-refractivity contribution in [3.8, 4) is 5.75 Å². The number of sulfonamides is 1. The molecule has 1 aliphatic heterocycles. The number of aliphatic carboxylic acids is 1. The maximum atomic E-state index is 14.1. The van der Waals surface area contributed by atoms with Crippen LogP contribution in [0.1, 0.15) is 61.8 Å². The number of pyridine rings is 1. The van der Waals surface area contributed by atoms with Crippen LogP contribution in [0.25, 0.3) is 10.9 Å². The molecule has 21 heteroatoms. The van der Waals surface area contributed by atoms with Crippen LogP contribution in [0.2, 0.25) is 10.0 Å². The highest BCUT2D eigenvalue weighted by atomic mass is 35.5. The Hall–Kier alpha value is -4.43. The summed E-state index contributed by atoms with van der Waals surface area (Å²) in [5.74, 6) is -2.63. The van der Waals surface area contributed by atoms with Gasteiger partial charge >= 0.3 is 12.1 Å². The van der Waals surface area contributed by atoms with E-state index in [1.165, 1.54) is 12.1 Å². The number of amides is 2. The average Bonchev–Trinajstić information content (AvgIpc) is 3.61. The summed E-state index contributed by atoms with van der Waals surface area (Å²) < 4.78 is 68.7. The Bertz CT molecular complexity index is 2120. The maximum Gasteiger partial charge on any atom is 0.490 e. The fraction of sp³-hybridized carbons (Fsp3) is 0.486. The molecule has 3 aromatic rings. The van der Waals surface area contributed by atoms with Gasteiger partial charge < -0.3 is 36.8 Å². The topological polar surface area (TPSA) is 237 Å². The largest absolute Gasteiger partial charge is 0.490 e. The van der Waals surface area contributed by atoms with Crippen molar-refractivity contribution in [2.45, 2.75) is 88.1 Å². The number of carboxylic acid groups (broad SMARTS) is 1. The predicted molar refractivity (Wildman–Crippen MR) is 213 cm³/mol. The van der Waals surface area contributed by atoms with Crippen LogP contribution in [-0.4, -0.2) is 103 Å². The molecule has 0 unspecified atom stereocenters. The molecule has 0 bridgehead atoms. The molecule has 1 saturated carbocycles. The summed E-state index contributed by atoms with van der Waals surface area (Å²) in [6, 6.07) is 10.1. The number of nitrogens with one attached hydrogen (secondary N) is 1. The number of guanidine groups is 1. The number of nitrogens with zero attached hydrogens (tertiary/aromatic N) is 4. The molecule has 1 saturated heterocycles. The highest BCUT2D eigenvalue weighted by Gasteiger charge is 2.47. The zero-order chi connectivity index (χ0) is 43.0. The lowest BCUT2D eigenvalue weighted by Crippen LogP contribution is -2.61. The molecule has 318 valence electrons. The van der Waals surface area contributed by atoms with Gasteiger partial charge in [0.25, 0.3) is 0 Å². The first-order valence-corrected chi connectivity index (χ1v) is 20.6. The molecule has 1 atom stereocenters. The lowest BCUT2D eigenvalue weighted by Gasteiger charge is -2.40. The van der Waals surface area contributed by atoms with Crippen molar-refractivity contribution in [2.24, 2.45) is 22.2 Å². The molecule has 2 amide bonds. The van der Waals surface area contributed by atoms with E-state index in [-0.39, 0.29) is 64.9 Å². The summed E-state index contributed by atoms with van der Waals surface area (Å²) in [7, 11) is -4.29. The third-order valence-corrected chi connectivity index (χ3v) is 12.2. The zero-order valence-electron chi connectivity index (χ0n) is 31.9. The van der Waals surface area contributed by atoms with Crippen LogP contribution in [0.4, 0.5) is 13.2 Å². The minimum Gasteiger partial charge on any atom is -0.487 e. The molecular formula is C37H47Cl2F3N8O7S. The maximum absolute atomic E-state index is 14.1. The number of carbonyl (C=O) groups excluding carboxylic acids is 2. The number of aliphatic imine (C=N–C) groups is 1. The van der Waals surface area contributed by atoms with E-state index in [4.69, 9.17) is 55.0 Å². The Balaban J connectivity index is 0.000000973. The highest BCUT2D eigenvalue weighted by molar-refractivity contribution is 7.89. The van der Waals surface area contributed by atoms with E-state index >= 15 is 0 Å². The molecule has 2 fully saturated rings. The normalized spacial score (nSPS) is 16.0. The van der Waals surface area contributed by atoms with Gasteiger partial charge in [0.15, 0.2) is 5.96 Å². The van der Waals surface area contributed by atoms with Gasteiger partial charge in [0.2, 0.25) is 21.8 Å². The second-order valence-corrected chi connectivity index (χ2v) is 16.6. The van der Waals surface area contributed by atoms with Gasteiger partial charge in [-0.3, -0.25) is 14.6 Å². The molecule has 1 aliphatic carbocycles. The lowest BCUT2D eigenvalue weighted by atomic mass is 9.96. The first-order chi connectivity index (χ1) is 27.1. The number of rotatable bonds is 13. The number of halogens is 5. The standard InChI is InChI=1S/C35H46Cl2N8O5S.C2HF3O2/c1-22-19-23(2)42-32-25(22)8-5-9-28(32)50-21-26-27(36)10-11-29(31(26)37)51(48,49)43-35(12-3-4-13-35)33(47)45-17-15-44(16-18-45)30(46)20-24(38)7-6-14-41-34(39)40;3-2(4,5)1(6)7/h5,8-11,19,24,43H,3-4,6-7,12-18,20-21,38H2,1-2H3,(H4,39,40,41);(H,6,7)/t24-;/m0./s1.